The first-order valence-corrected chi connectivity index (χ1v) is 43.7. The normalized spacial score (nSPS) is 25.3. The maximum absolute atomic E-state index is 14.4. The van der Waals surface area contributed by atoms with Gasteiger partial charge in [0, 0.05) is 43.3 Å². The van der Waals surface area contributed by atoms with Gasteiger partial charge < -0.3 is 101 Å². The molecule has 0 unspecified atom stereocenters. The lowest BCUT2D eigenvalue weighted by Gasteiger charge is -2.40. The second-order valence-electron chi connectivity index (χ2n) is 36.9. The number of rotatable bonds is 30. The van der Waals surface area contributed by atoms with E-state index >= 15 is 0 Å². The van der Waals surface area contributed by atoms with Crippen LogP contribution < -0.4 is 28.4 Å². The molecule has 33 heteroatoms. The second kappa shape index (κ2) is 39.4. The number of hydrogen-bond donors (Lipinski definition) is 3. The lowest BCUT2D eigenvalue weighted by atomic mass is 9.77. The highest BCUT2D eigenvalue weighted by atomic mass is 16.7. The zero-order chi connectivity index (χ0) is 90.9. The molecule has 12 aliphatic rings. The van der Waals surface area contributed by atoms with Gasteiger partial charge in [-0.1, -0.05) is 14.9 Å². The summed E-state index contributed by atoms with van der Waals surface area (Å²) < 4.78 is 101. The highest BCUT2D eigenvalue weighted by Crippen LogP contribution is 2.60. The van der Waals surface area contributed by atoms with E-state index in [1.54, 1.807) is 62.9 Å². The van der Waals surface area contributed by atoms with Crippen LogP contribution >= 0.6 is 0 Å². The molecule has 33 nitrogen and oxygen atoms in total. The number of methoxy groups -OCH3 is 6. The summed E-state index contributed by atoms with van der Waals surface area (Å²) in [4.78, 5) is 122. The Balaban J connectivity index is 0.000000217. The zero-order valence-electron chi connectivity index (χ0n) is 75.1. The Morgan fingerprint density at radius 1 is 0.406 bits per heavy atom. The lowest BCUT2D eigenvalue weighted by Crippen LogP contribution is -2.51. The van der Waals surface area contributed by atoms with Crippen molar-refractivity contribution in [3.63, 3.8) is 0 Å². The van der Waals surface area contributed by atoms with E-state index in [1.165, 1.54) is 42.1 Å². The van der Waals surface area contributed by atoms with Crippen LogP contribution in [0.5, 0.6) is 34.5 Å². The molecule has 3 aliphatic carbocycles. The van der Waals surface area contributed by atoms with E-state index in [9.17, 15) is 58.5 Å². The van der Waals surface area contributed by atoms with Crippen LogP contribution in [0, 0.1) is 0 Å². The summed E-state index contributed by atoms with van der Waals surface area (Å²) in [6, 6.07) is 12.0. The largest absolute Gasteiger partial charge is 0.497 e. The predicted octanol–water partition coefficient (Wildman–Crippen LogP) is 11.2. The topological polar surface area (TPSA) is 390 Å². The first-order chi connectivity index (χ1) is 59.7. The number of esters is 9. The Bertz CT molecular complexity index is 4750. The molecule has 0 amide bonds. The monoisotopic (exact) mass is 1800 g/mol. The lowest BCUT2D eigenvalue weighted by molar-refractivity contribution is -0.191. The Labute approximate surface area is 752 Å². The number of benzene rings is 3. The van der Waals surface area contributed by atoms with Crippen LogP contribution in [0.2, 0.25) is 0 Å². The van der Waals surface area contributed by atoms with Gasteiger partial charge in [-0.05, 0) is 265 Å². The van der Waals surface area contributed by atoms with Crippen LogP contribution in [0.1, 0.15) is 247 Å². The van der Waals surface area contributed by atoms with Gasteiger partial charge in [0.2, 0.25) is 26.0 Å². The molecule has 3 aromatic rings. The number of ether oxygens (including phenoxy) is 18. The van der Waals surface area contributed by atoms with Gasteiger partial charge >= 0.3 is 53.7 Å². The fourth-order valence-corrected chi connectivity index (χ4v) is 21.4. The minimum Gasteiger partial charge on any atom is -0.497 e. The molecule has 0 bridgehead atoms. The number of aliphatic hydroxyl groups is 3. The number of fused-ring (bicyclic) bond motifs is 9. The summed E-state index contributed by atoms with van der Waals surface area (Å²) in [5, 5.41) is 33.3. The highest BCUT2D eigenvalue weighted by Gasteiger charge is 2.64. The van der Waals surface area contributed by atoms with Gasteiger partial charge in [-0.25, -0.2) is 14.4 Å². The number of hydrogen-bond acceptors (Lipinski definition) is 33. The average Bonchev–Trinajstić information content (AvgIpc) is 1.56. The van der Waals surface area contributed by atoms with E-state index < -0.39 is 142 Å². The molecule has 710 valence electrons. The first kappa shape index (κ1) is 98.7. The van der Waals surface area contributed by atoms with E-state index in [0.29, 0.717) is 77.5 Å². The van der Waals surface area contributed by atoms with Crippen LogP contribution in [0.25, 0.3) is 0 Å². The summed E-state index contributed by atoms with van der Waals surface area (Å²) in [5.74, 6) is -2.04. The van der Waals surface area contributed by atoms with Crippen LogP contribution in [0.15, 0.2) is 71.9 Å². The molecule has 15 rings (SSSR count). The van der Waals surface area contributed by atoms with Gasteiger partial charge in [-0.2, -0.15) is 0 Å². The van der Waals surface area contributed by atoms with E-state index in [2.05, 4.69) is 32.9 Å². The standard InChI is InChI=1S/C33H43NO11.C31H41NO10.C29H39NO9.2CH4.2H2/c1-20(35)44-31(3,4)10-7-12-33(45-21(2)36,18-27(37)40-6)30(38)43-29-26(39-5)17-32-11-8-13-34(32)14-9-22-15-24-25(42-19-41-24)16-23(22)28(29)32;1-19(33)42-29(2,3)9-6-11-31(36,17-25(34)38-5)28(35)41-27-24(37-4)16-30-10-7-12-32(30)13-8-20-14-22-23(40-18-39-22)15-21(20)26(27)30;1-27(2,33)8-5-10-29(34,16-23(31)36-4)26(32)39-25-22(35-3)15-28-9-6-11-30(28)12-7-18-13-20-21(38-17-37-20)14-19(18)24(25)28;;;;/h15-17,28-29H,7-14,18-19H2,1-6H3;14-16,26-27,36H,6-13,17-18H2,1-5H3;13-15,24-25,33-34H,5-12,16-17H2,1-4H3;2*1H4;2*1H/t28-,29-,32+,33-;26-,27-,30+,31-;24-,25-,28+,29-;;;;/m111..../s1/i;;;;;1+2;. The van der Waals surface area contributed by atoms with Crippen molar-refractivity contribution in [1.29, 1.82) is 0 Å². The molecule has 3 N–H and O–H groups in total. The van der Waals surface area contributed by atoms with Crippen molar-refractivity contribution in [2.24, 2.45) is 0 Å². The Morgan fingerprint density at radius 2 is 0.703 bits per heavy atom. The molecular weight excluding hydrogens is 1660 g/mol. The number of carbonyl (C=O) groups excluding carboxylic acids is 9. The molecule has 9 aliphatic heterocycles. The molecule has 9 heterocycles. The minimum absolute atomic E-state index is 0. The van der Waals surface area contributed by atoms with Crippen molar-refractivity contribution in [3.8, 4) is 34.5 Å². The Morgan fingerprint density at radius 3 is 1.01 bits per heavy atom. The van der Waals surface area contributed by atoms with E-state index in [1.807, 2.05) is 36.4 Å². The highest BCUT2D eigenvalue weighted by molar-refractivity contribution is 5.89. The van der Waals surface area contributed by atoms with Crippen molar-refractivity contribution in [3.05, 3.63) is 105 Å². The van der Waals surface area contributed by atoms with Crippen molar-refractivity contribution < 1.29 is 147 Å². The van der Waals surface area contributed by atoms with Crippen LogP contribution in [0.4, 0.5) is 0 Å². The minimum atomic E-state index is -2.16. The maximum Gasteiger partial charge on any atom is 0.351 e. The van der Waals surface area contributed by atoms with Gasteiger partial charge in [-0.3, -0.25) is 43.5 Å². The molecule has 128 heavy (non-hydrogen) atoms. The Kier molecular flexibility index (Phi) is 30.4. The zero-order valence-corrected chi connectivity index (χ0v) is 75.1. The van der Waals surface area contributed by atoms with E-state index in [4.69, 9.17) is 85.3 Å². The van der Waals surface area contributed by atoms with Gasteiger partial charge in [0.05, 0.1) is 102 Å². The van der Waals surface area contributed by atoms with Crippen LogP contribution in [-0.2, 0) is 119 Å². The molecule has 3 aromatic carbocycles. The smallest absolute Gasteiger partial charge is 0.351 e. The molecule has 0 radical (unpaired) electrons. The van der Waals surface area contributed by atoms with Crippen LogP contribution in [0.3, 0.4) is 0 Å². The summed E-state index contributed by atoms with van der Waals surface area (Å²) in [6.07, 6.45) is 11.5. The van der Waals surface area contributed by atoms with Crippen LogP contribution in [-0.4, -0.2) is 255 Å². The molecule has 0 aromatic heterocycles. The van der Waals surface area contributed by atoms with Gasteiger partial charge in [0.1, 0.15) is 28.5 Å². The molecule has 0 saturated carbocycles. The first-order valence-electron chi connectivity index (χ1n) is 43.7. The van der Waals surface area contributed by atoms with Crippen molar-refractivity contribution >= 4 is 53.7 Å². The van der Waals surface area contributed by atoms with E-state index in [0.717, 1.165) is 130 Å². The number of carbonyl (C=O) groups is 9. The van der Waals surface area contributed by atoms with E-state index in [-0.39, 0.29) is 87.9 Å². The fourth-order valence-electron chi connectivity index (χ4n) is 21.4. The average molecular weight is 1800 g/mol. The quantitative estimate of drug-likeness (QED) is 0.0412. The molecule has 3 saturated heterocycles. The third kappa shape index (κ3) is 20.3. The second-order valence-corrected chi connectivity index (χ2v) is 36.9. The molecule has 3 fully saturated rings. The third-order valence-corrected chi connectivity index (χ3v) is 27.0. The fraction of sp³-hybridized carbons (Fsp3) is 0.653. The summed E-state index contributed by atoms with van der Waals surface area (Å²) in [5.41, 5.74) is -4.04. The number of nitrogens with zero attached hydrogens (tertiary/aromatic N) is 3. The summed E-state index contributed by atoms with van der Waals surface area (Å²) in [6.45, 7) is 19.7. The summed E-state index contributed by atoms with van der Waals surface area (Å²) >= 11 is 0. The SMILES string of the molecule is C.C.COC(=O)C[C@@](CCCC(C)(C)OC(C)=O)(OC(C)=O)C(=O)O[C@@H]1C(OC)=C[C@]23CCCN2CCc2cc4c(cc2[C@H]13)OCO4.COC(=O)C[C@](O)(CCCC(C)(C)O)C(=O)O[C@@H]1C(OC)=C[C@]23CCCN2CCc2cc4c(cc2[C@H]13)OCO4.COC(=O)C[C@](O)(CCCC(C)(C)OC(C)=O)C(=O)O[C@@H]1C(OC)=C[C@]23CCCN2CCc2cc4c(cc2[C@H]13)OCO4.[3HH].[HH]. The van der Waals surface area contributed by atoms with Crippen molar-refractivity contribution in [1.82, 2.24) is 14.7 Å². The van der Waals surface area contributed by atoms with Gasteiger partial charge in [0.25, 0.3) is 0 Å². The van der Waals surface area contributed by atoms with Crippen molar-refractivity contribution in [2.75, 3.05) is 102 Å². The molecular formula is C95H135N3O30. The van der Waals surface area contributed by atoms with Gasteiger partial charge in [-0.15, -0.1) is 0 Å². The van der Waals surface area contributed by atoms with Crippen molar-refractivity contribution in [2.45, 2.75) is 298 Å². The molecule has 3 spiro atoms. The third-order valence-electron chi connectivity index (χ3n) is 27.0. The van der Waals surface area contributed by atoms with Gasteiger partial charge in [0.15, 0.2) is 64.0 Å². The summed E-state index contributed by atoms with van der Waals surface area (Å²) in [7, 11) is 8.25. The maximum atomic E-state index is 14.4. The molecule has 12 atom stereocenters. The predicted molar refractivity (Wildman–Crippen MR) is 464 cm³/mol. The Hall–Kier alpha value is -9.93.